The number of hydrogen-bond donors (Lipinski definition) is 0. The smallest absolute Gasteiger partial charge is 0.273 e. The first kappa shape index (κ1) is 17.2. The summed E-state index contributed by atoms with van der Waals surface area (Å²) in [6, 6.07) is 14.6. The lowest BCUT2D eigenvalue weighted by Crippen LogP contribution is -2.47. The molecule has 0 unspecified atom stereocenters. The van der Waals surface area contributed by atoms with Crippen LogP contribution in [-0.2, 0) is 4.79 Å². The molecule has 1 amide bonds. The summed E-state index contributed by atoms with van der Waals surface area (Å²) in [5, 5.41) is 1.59. The molecule has 0 bridgehead atoms. The predicted octanol–water partition coefficient (Wildman–Crippen LogP) is 4.13. The highest BCUT2D eigenvalue weighted by Crippen LogP contribution is 2.33. The van der Waals surface area contributed by atoms with E-state index in [0.717, 1.165) is 5.69 Å². The number of amidine groups is 1. The van der Waals surface area contributed by atoms with E-state index in [1.54, 1.807) is 34.9 Å². The maximum atomic E-state index is 13.0. The molecule has 2 aromatic carbocycles. The summed E-state index contributed by atoms with van der Waals surface area (Å²) in [6.45, 7) is 2.86. The van der Waals surface area contributed by atoms with Crippen LogP contribution in [0.15, 0.2) is 53.5 Å². The van der Waals surface area contributed by atoms with E-state index >= 15 is 0 Å². The van der Waals surface area contributed by atoms with E-state index in [9.17, 15) is 4.79 Å². The van der Waals surface area contributed by atoms with Crippen molar-refractivity contribution in [2.24, 2.45) is 4.99 Å². The van der Waals surface area contributed by atoms with Crippen molar-refractivity contribution in [1.29, 1.82) is 0 Å². The molecule has 0 aromatic heterocycles. The van der Waals surface area contributed by atoms with Gasteiger partial charge in [0.1, 0.15) is 6.61 Å². The molecule has 1 saturated heterocycles. The molecule has 2 heterocycles. The van der Waals surface area contributed by atoms with Crippen LogP contribution < -0.4 is 9.47 Å². The van der Waals surface area contributed by atoms with Crippen molar-refractivity contribution >= 4 is 40.1 Å². The fourth-order valence-corrected chi connectivity index (χ4v) is 3.99. The number of hydrogen-bond acceptors (Lipinski definition) is 5. The molecule has 26 heavy (non-hydrogen) atoms. The Morgan fingerprint density at radius 3 is 2.69 bits per heavy atom. The normalized spacial score (nSPS) is 23.3. The summed E-state index contributed by atoms with van der Waals surface area (Å²) in [7, 11) is 0. The lowest BCUT2D eigenvalue weighted by Gasteiger charge is -2.28. The van der Waals surface area contributed by atoms with Gasteiger partial charge in [0.15, 0.2) is 16.7 Å². The zero-order chi connectivity index (χ0) is 18.1. The second-order valence-electron chi connectivity index (χ2n) is 6.11. The molecule has 2 aliphatic heterocycles. The Bertz CT molecular complexity index is 856. The number of carbonyl (C=O) groups excluding carboxylic acids is 1. The summed E-state index contributed by atoms with van der Waals surface area (Å²) in [5.41, 5.74) is 0.759. The molecule has 0 N–H and O–H groups in total. The number of thioether (sulfide) groups is 1. The molecule has 2 aliphatic rings. The molecular formula is C19H17ClN2O3S. The third kappa shape index (κ3) is 3.52. The average Bonchev–Trinajstić information content (AvgIpc) is 3.02. The molecule has 134 valence electrons. The molecule has 1 fully saturated rings. The van der Waals surface area contributed by atoms with Crippen LogP contribution in [0.25, 0.3) is 0 Å². The van der Waals surface area contributed by atoms with Gasteiger partial charge in [0.2, 0.25) is 6.10 Å². The molecule has 4 rings (SSSR count). The number of amides is 1. The summed E-state index contributed by atoms with van der Waals surface area (Å²) < 4.78 is 11.5. The Morgan fingerprint density at radius 2 is 1.92 bits per heavy atom. The van der Waals surface area contributed by atoms with Crippen molar-refractivity contribution < 1.29 is 14.3 Å². The van der Waals surface area contributed by atoms with E-state index in [1.165, 1.54) is 0 Å². The molecular weight excluding hydrogens is 372 g/mol. The number of nitrogens with zero attached hydrogens (tertiary/aromatic N) is 2. The maximum absolute atomic E-state index is 13.0. The van der Waals surface area contributed by atoms with Gasteiger partial charge in [-0.05, 0) is 36.4 Å². The second-order valence-corrected chi connectivity index (χ2v) is 7.95. The van der Waals surface area contributed by atoms with Crippen LogP contribution in [0.3, 0.4) is 0 Å². The van der Waals surface area contributed by atoms with Gasteiger partial charge < -0.3 is 9.47 Å². The van der Waals surface area contributed by atoms with Crippen LogP contribution in [0.4, 0.5) is 5.69 Å². The Hall–Kier alpha value is -2.18. The first-order chi connectivity index (χ1) is 12.6. The standard InChI is InChI=1S/C19H17ClN2O3S/c1-12-10-22(19(26-12)21-14-8-6-13(20)7-9-14)18(23)17-11-24-15-4-2-3-5-16(15)25-17/h2-9,12,17H,10-11H2,1H3/t12-,17-/m1/s1. The molecule has 0 radical (unpaired) electrons. The Labute approximate surface area is 161 Å². The number of aliphatic imine (C=N–C) groups is 1. The highest BCUT2D eigenvalue weighted by Gasteiger charge is 2.37. The van der Waals surface area contributed by atoms with Gasteiger partial charge in [-0.3, -0.25) is 9.69 Å². The highest BCUT2D eigenvalue weighted by atomic mass is 35.5. The number of benzene rings is 2. The lowest BCUT2D eigenvalue weighted by molar-refractivity contribution is -0.136. The number of carbonyl (C=O) groups is 1. The lowest BCUT2D eigenvalue weighted by atomic mass is 10.2. The molecule has 7 heteroatoms. The van der Waals surface area contributed by atoms with Gasteiger partial charge >= 0.3 is 0 Å². The van der Waals surface area contributed by atoms with Crippen LogP contribution in [-0.4, -0.2) is 40.5 Å². The Balaban J connectivity index is 1.55. The van der Waals surface area contributed by atoms with E-state index in [0.29, 0.717) is 28.2 Å². The van der Waals surface area contributed by atoms with Gasteiger partial charge in [-0.15, -0.1) is 0 Å². The largest absolute Gasteiger partial charge is 0.485 e. The van der Waals surface area contributed by atoms with Crippen LogP contribution in [0, 0.1) is 0 Å². The third-order valence-corrected chi connectivity index (χ3v) is 5.40. The van der Waals surface area contributed by atoms with Gasteiger partial charge in [0.05, 0.1) is 5.69 Å². The van der Waals surface area contributed by atoms with E-state index < -0.39 is 6.10 Å². The second kappa shape index (κ2) is 7.21. The van der Waals surface area contributed by atoms with E-state index in [1.807, 2.05) is 30.3 Å². The topological polar surface area (TPSA) is 51.1 Å². The van der Waals surface area contributed by atoms with Crippen LogP contribution in [0.1, 0.15) is 6.92 Å². The van der Waals surface area contributed by atoms with E-state index in [4.69, 9.17) is 21.1 Å². The van der Waals surface area contributed by atoms with Crippen molar-refractivity contribution in [2.75, 3.05) is 13.2 Å². The van der Waals surface area contributed by atoms with Crippen molar-refractivity contribution in [3.63, 3.8) is 0 Å². The van der Waals surface area contributed by atoms with Crippen LogP contribution in [0.5, 0.6) is 11.5 Å². The number of para-hydroxylation sites is 2. The Kier molecular flexibility index (Phi) is 4.78. The van der Waals surface area contributed by atoms with Gasteiger partial charge in [0, 0.05) is 16.8 Å². The van der Waals surface area contributed by atoms with Crippen molar-refractivity contribution in [3.05, 3.63) is 53.6 Å². The number of halogens is 1. The van der Waals surface area contributed by atoms with Crippen molar-refractivity contribution in [3.8, 4) is 11.5 Å². The zero-order valence-corrected chi connectivity index (χ0v) is 15.7. The minimum absolute atomic E-state index is 0.135. The van der Waals surface area contributed by atoms with E-state index in [-0.39, 0.29) is 17.8 Å². The number of ether oxygens (including phenoxy) is 2. The van der Waals surface area contributed by atoms with E-state index in [2.05, 4.69) is 11.9 Å². The first-order valence-electron chi connectivity index (χ1n) is 8.31. The first-order valence-corrected chi connectivity index (χ1v) is 9.57. The molecule has 5 nitrogen and oxygen atoms in total. The van der Waals surface area contributed by atoms with Gasteiger partial charge in [-0.1, -0.05) is 42.4 Å². The van der Waals surface area contributed by atoms with Gasteiger partial charge in [0.25, 0.3) is 5.91 Å². The zero-order valence-electron chi connectivity index (χ0n) is 14.1. The SMILES string of the molecule is C[C@@H]1CN(C(=O)[C@H]2COc3ccccc3O2)C(=Nc2ccc(Cl)cc2)S1. The summed E-state index contributed by atoms with van der Waals surface area (Å²) in [6.07, 6.45) is -0.675. The summed E-state index contributed by atoms with van der Waals surface area (Å²) in [5.74, 6) is 1.12. The monoisotopic (exact) mass is 388 g/mol. The molecule has 0 saturated carbocycles. The summed E-state index contributed by atoms with van der Waals surface area (Å²) >= 11 is 7.50. The number of fused-ring (bicyclic) bond motifs is 1. The molecule has 0 aliphatic carbocycles. The molecule has 0 spiro atoms. The van der Waals surface area contributed by atoms with Crippen molar-refractivity contribution in [1.82, 2.24) is 4.90 Å². The number of rotatable bonds is 2. The average molecular weight is 389 g/mol. The predicted molar refractivity (Wildman–Crippen MR) is 104 cm³/mol. The van der Waals surface area contributed by atoms with Crippen LogP contribution in [0.2, 0.25) is 5.02 Å². The minimum Gasteiger partial charge on any atom is -0.485 e. The molecule has 2 aromatic rings. The molecule has 2 atom stereocenters. The highest BCUT2D eigenvalue weighted by molar-refractivity contribution is 8.14. The fourth-order valence-electron chi connectivity index (χ4n) is 2.83. The fraction of sp³-hybridized carbons (Fsp3) is 0.263. The minimum atomic E-state index is -0.675. The summed E-state index contributed by atoms with van der Waals surface area (Å²) in [4.78, 5) is 19.3. The third-order valence-electron chi connectivity index (χ3n) is 4.08. The van der Waals surface area contributed by atoms with Crippen LogP contribution >= 0.6 is 23.4 Å². The van der Waals surface area contributed by atoms with Crippen molar-refractivity contribution in [2.45, 2.75) is 18.3 Å². The maximum Gasteiger partial charge on any atom is 0.273 e. The van der Waals surface area contributed by atoms with Gasteiger partial charge in [-0.25, -0.2) is 4.99 Å². The quantitative estimate of drug-likeness (QED) is 0.776. The Morgan fingerprint density at radius 1 is 1.19 bits per heavy atom. The van der Waals surface area contributed by atoms with Gasteiger partial charge in [-0.2, -0.15) is 0 Å².